The lowest BCUT2D eigenvalue weighted by molar-refractivity contribution is 0.564. The zero-order chi connectivity index (χ0) is 14.1. The molecule has 2 atom stereocenters. The molecule has 3 nitrogen and oxygen atoms in total. The Bertz CT molecular complexity index is 703. The van der Waals surface area contributed by atoms with E-state index in [1.807, 2.05) is 19.2 Å². The molecule has 0 aromatic carbocycles. The first-order chi connectivity index (χ1) is 9.72. The molecule has 0 fully saturated rings. The number of nitrogens with zero attached hydrogens (tertiary/aromatic N) is 3. The van der Waals surface area contributed by atoms with E-state index in [2.05, 4.69) is 39.0 Å². The molecule has 3 rings (SSSR count). The Labute approximate surface area is 127 Å². The van der Waals surface area contributed by atoms with E-state index in [0.29, 0.717) is 0 Å². The van der Waals surface area contributed by atoms with Crippen molar-refractivity contribution in [3.05, 3.63) is 46.7 Å². The van der Waals surface area contributed by atoms with Gasteiger partial charge < -0.3 is 4.57 Å². The zero-order valence-corrected chi connectivity index (χ0v) is 13.0. The molecular formula is C15H16ClN3S. The molecule has 0 saturated carbocycles. The number of imidazole rings is 1. The number of hydrogen-bond donors (Lipinski definition) is 0. The molecule has 2 unspecified atom stereocenters. The highest BCUT2D eigenvalue weighted by Crippen LogP contribution is 2.34. The van der Waals surface area contributed by atoms with Gasteiger partial charge in [-0.05, 0) is 30.9 Å². The molecule has 3 aromatic rings. The van der Waals surface area contributed by atoms with Gasteiger partial charge in [0.15, 0.2) is 0 Å². The van der Waals surface area contributed by atoms with Crippen molar-refractivity contribution in [1.29, 1.82) is 0 Å². The standard InChI is InChI=1S/C15H16ClN3S/c1-3-12(14-5-4-8-20-14)19-13-6-7-17-9-11(13)18-15(19)10(2)16/h4-10,12H,3H2,1-2H3. The third-order valence-corrected chi connectivity index (χ3v) is 4.61. The summed E-state index contributed by atoms with van der Waals surface area (Å²) in [6, 6.07) is 6.56. The molecule has 0 amide bonds. The van der Waals surface area contributed by atoms with Gasteiger partial charge in [0.25, 0.3) is 0 Å². The number of hydrogen-bond acceptors (Lipinski definition) is 3. The number of aromatic nitrogens is 3. The van der Waals surface area contributed by atoms with Crippen LogP contribution >= 0.6 is 22.9 Å². The van der Waals surface area contributed by atoms with Gasteiger partial charge >= 0.3 is 0 Å². The Morgan fingerprint density at radius 1 is 1.40 bits per heavy atom. The molecule has 0 bridgehead atoms. The van der Waals surface area contributed by atoms with Crippen molar-refractivity contribution in [3.63, 3.8) is 0 Å². The highest BCUT2D eigenvalue weighted by molar-refractivity contribution is 7.10. The predicted molar refractivity (Wildman–Crippen MR) is 84.5 cm³/mol. The van der Waals surface area contributed by atoms with Crippen molar-refractivity contribution in [3.8, 4) is 0 Å². The first-order valence-corrected chi connectivity index (χ1v) is 8.03. The van der Waals surface area contributed by atoms with Gasteiger partial charge in [0.1, 0.15) is 11.3 Å². The molecule has 0 N–H and O–H groups in total. The molecule has 0 radical (unpaired) electrons. The quantitative estimate of drug-likeness (QED) is 0.649. The van der Waals surface area contributed by atoms with Gasteiger partial charge in [-0.25, -0.2) is 4.98 Å². The number of thiophene rings is 1. The molecule has 5 heteroatoms. The Balaban J connectivity index is 2.24. The lowest BCUT2D eigenvalue weighted by Crippen LogP contribution is -2.12. The van der Waals surface area contributed by atoms with Crippen molar-refractivity contribution in [2.45, 2.75) is 31.7 Å². The van der Waals surface area contributed by atoms with Crippen LogP contribution in [0.5, 0.6) is 0 Å². The van der Waals surface area contributed by atoms with Crippen LogP contribution in [-0.2, 0) is 0 Å². The Morgan fingerprint density at radius 3 is 2.90 bits per heavy atom. The summed E-state index contributed by atoms with van der Waals surface area (Å²) in [7, 11) is 0. The van der Waals surface area contributed by atoms with Gasteiger partial charge in [0, 0.05) is 11.1 Å². The number of pyridine rings is 1. The van der Waals surface area contributed by atoms with Crippen LogP contribution in [0.1, 0.15) is 42.4 Å². The number of halogens is 1. The number of alkyl halides is 1. The van der Waals surface area contributed by atoms with Crippen LogP contribution in [0, 0.1) is 0 Å². The van der Waals surface area contributed by atoms with E-state index >= 15 is 0 Å². The predicted octanol–water partition coefficient (Wildman–Crippen LogP) is 4.79. The van der Waals surface area contributed by atoms with E-state index in [0.717, 1.165) is 23.3 Å². The summed E-state index contributed by atoms with van der Waals surface area (Å²) < 4.78 is 2.26. The SMILES string of the molecule is CCC(c1cccs1)n1c(C(C)Cl)nc2cnccc21. The van der Waals surface area contributed by atoms with E-state index in [9.17, 15) is 0 Å². The molecule has 0 aliphatic rings. The molecule has 3 aromatic heterocycles. The van der Waals surface area contributed by atoms with E-state index in [4.69, 9.17) is 11.6 Å². The second kappa shape index (κ2) is 5.54. The molecule has 0 aliphatic carbocycles. The third-order valence-electron chi connectivity index (χ3n) is 3.44. The second-order valence-corrected chi connectivity index (χ2v) is 6.39. The maximum atomic E-state index is 6.34. The van der Waals surface area contributed by atoms with Crippen molar-refractivity contribution < 1.29 is 0 Å². The average Bonchev–Trinajstić information content (AvgIpc) is 3.08. The van der Waals surface area contributed by atoms with E-state index in [-0.39, 0.29) is 11.4 Å². The van der Waals surface area contributed by atoms with Crippen LogP contribution in [0.25, 0.3) is 11.0 Å². The van der Waals surface area contributed by atoms with Crippen molar-refractivity contribution in [2.24, 2.45) is 0 Å². The zero-order valence-electron chi connectivity index (χ0n) is 11.5. The molecule has 0 spiro atoms. The van der Waals surface area contributed by atoms with Crippen molar-refractivity contribution in [2.75, 3.05) is 0 Å². The van der Waals surface area contributed by atoms with Crippen LogP contribution in [0.2, 0.25) is 0 Å². The number of fused-ring (bicyclic) bond motifs is 1. The number of rotatable bonds is 4. The fourth-order valence-electron chi connectivity index (χ4n) is 2.57. The van der Waals surface area contributed by atoms with Gasteiger partial charge in [-0.15, -0.1) is 22.9 Å². The largest absolute Gasteiger partial charge is 0.318 e. The van der Waals surface area contributed by atoms with E-state index < -0.39 is 0 Å². The van der Waals surface area contributed by atoms with E-state index in [1.165, 1.54) is 4.88 Å². The molecule has 0 aliphatic heterocycles. The smallest absolute Gasteiger partial charge is 0.128 e. The van der Waals surface area contributed by atoms with Crippen LogP contribution < -0.4 is 0 Å². The van der Waals surface area contributed by atoms with Crippen LogP contribution in [0.4, 0.5) is 0 Å². The van der Waals surface area contributed by atoms with Gasteiger partial charge in [0.05, 0.1) is 23.1 Å². The monoisotopic (exact) mass is 305 g/mol. The summed E-state index contributed by atoms with van der Waals surface area (Å²) in [6.45, 7) is 4.16. The molecule has 0 saturated heterocycles. The minimum atomic E-state index is -0.128. The molecule has 104 valence electrons. The fraction of sp³-hybridized carbons (Fsp3) is 0.333. The average molecular weight is 306 g/mol. The first kappa shape index (κ1) is 13.6. The molecule has 20 heavy (non-hydrogen) atoms. The summed E-state index contributed by atoms with van der Waals surface area (Å²) in [5.74, 6) is 0.912. The first-order valence-electron chi connectivity index (χ1n) is 6.71. The summed E-state index contributed by atoms with van der Waals surface area (Å²) in [6.07, 6.45) is 4.62. The minimum absolute atomic E-state index is 0.128. The van der Waals surface area contributed by atoms with Gasteiger partial charge in [-0.3, -0.25) is 4.98 Å². The van der Waals surface area contributed by atoms with Crippen molar-refractivity contribution >= 4 is 34.0 Å². The second-order valence-electron chi connectivity index (χ2n) is 4.76. The van der Waals surface area contributed by atoms with Crippen LogP contribution in [-0.4, -0.2) is 14.5 Å². The fourth-order valence-corrected chi connectivity index (χ4v) is 3.62. The van der Waals surface area contributed by atoms with Crippen molar-refractivity contribution in [1.82, 2.24) is 14.5 Å². The summed E-state index contributed by atoms with van der Waals surface area (Å²) >= 11 is 8.12. The lowest BCUT2D eigenvalue weighted by Gasteiger charge is -2.20. The molecular weight excluding hydrogens is 290 g/mol. The van der Waals surface area contributed by atoms with Gasteiger partial charge in [-0.1, -0.05) is 13.0 Å². The normalized spacial score (nSPS) is 14.6. The highest BCUT2D eigenvalue weighted by Gasteiger charge is 2.22. The minimum Gasteiger partial charge on any atom is -0.318 e. The Hall–Kier alpha value is -1.39. The summed E-state index contributed by atoms with van der Waals surface area (Å²) in [5, 5.41) is 1.99. The summed E-state index contributed by atoms with van der Waals surface area (Å²) in [5.41, 5.74) is 2.01. The Kier molecular flexibility index (Phi) is 3.76. The lowest BCUT2D eigenvalue weighted by atomic mass is 10.1. The topological polar surface area (TPSA) is 30.7 Å². The van der Waals surface area contributed by atoms with E-state index in [1.54, 1.807) is 17.5 Å². The maximum absolute atomic E-state index is 6.34. The maximum Gasteiger partial charge on any atom is 0.128 e. The van der Waals surface area contributed by atoms with Crippen LogP contribution in [0.3, 0.4) is 0 Å². The van der Waals surface area contributed by atoms with Crippen LogP contribution in [0.15, 0.2) is 36.0 Å². The highest BCUT2D eigenvalue weighted by atomic mass is 35.5. The molecule has 3 heterocycles. The van der Waals surface area contributed by atoms with Gasteiger partial charge in [-0.2, -0.15) is 0 Å². The third kappa shape index (κ3) is 2.23. The van der Waals surface area contributed by atoms with Gasteiger partial charge in [0.2, 0.25) is 0 Å². The summed E-state index contributed by atoms with van der Waals surface area (Å²) in [4.78, 5) is 10.2. The Morgan fingerprint density at radius 2 is 2.25 bits per heavy atom.